The molecule has 0 fully saturated rings. The number of hydrogen-bond acceptors (Lipinski definition) is 4. The lowest BCUT2D eigenvalue weighted by molar-refractivity contribution is 0.181. The van der Waals surface area contributed by atoms with E-state index in [2.05, 4.69) is 5.10 Å². The maximum atomic E-state index is 13.1. The lowest BCUT2D eigenvalue weighted by Gasteiger charge is -2.12. The zero-order valence-corrected chi connectivity index (χ0v) is 14.7. The predicted molar refractivity (Wildman–Crippen MR) is 99.8 cm³/mol. The summed E-state index contributed by atoms with van der Waals surface area (Å²) in [6, 6.07) is 17.5. The Labute approximate surface area is 150 Å². The lowest BCUT2D eigenvalue weighted by atomic mass is 10.1. The zero-order valence-electron chi connectivity index (χ0n) is 14.7. The summed E-state index contributed by atoms with van der Waals surface area (Å²) in [5.41, 5.74) is 3.25. The summed E-state index contributed by atoms with van der Waals surface area (Å²) in [7, 11) is 3.25. The van der Waals surface area contributed by atoms with Crippen molar-refractivity contribution < 1.29 is 9.47 Å². The normalized spacial score (nSPS) is 11.3. The molecule has 4 aromatic rings. The third-order valence-electron chi connectivity index (χ3n) is 4.43. The highest BCUT2D eigenvalue weighted by atomic mass is 16.5. The van der Waals surface area contributed by atoms with Crippen molar-refractivity contribution in [3.63, 3.8) is 0 Å². The maximum absolute atomic E-state index is 13.1. The third-order valence-corrected chi connectivity index (χ3v) is 4.43. The van der Waals surface area contributed by atoms with Gasteiger partial charge in [-0.05, 0) is 29.8 Å². The third kappa shape index (κ3) is 2.74. The highest BCUT2D eigenvalue weighted by Crippen LogP contribution is 2.20. The lowest BCUT2D eigenvalue weighted by Crippen LogP contribution is -2.28. The van der Waals surface area contributed by atoms with Crippen LogP contribution in [0.3, 0.4) is 0 Å². The van der Waals surface area contributed by atoms with Gasteiger partial charge in [0.15, 0.2) is 0 Å². The number of para-hydroxylation sites is 1. The Bertz CT molecular complexity index is 1130. The van der Waals surface area contributed by atoms with Gasteiger partial charge in [-0.25, -0.2) is 4.79 Å². The Morgan fingerprint density at radius 3 is 2.50 bits per heavy atom. The molecule has 2 aromatic heterocycles. The summed E-state index contributed by atoms with van der Waals surface area (Å²) in [6.07, 6.45) is 0. The van der Waals surface area contributed by atoms with Crippen molar-refractivity contribution in [2.45, 2.75) is 13.2 Å². The molecule has 2 aromatic carbocycles. The Hall–Kier alpha value is -3.12. The van der Waals surface area contributed by atoms with Crippen molar-refractivity contribution in [2.75, 3.05) is 14.2 Å². The number of ether oxygens (including phenoxy) is 2. The number of fused-ring (bicyclic) bond motifs is 3. The molecule has 0 radical (unpaired) electrons. The minimum atomic E-state index is -0.170. The van der Waals surface area contributed by atoms with Gasteiger partial charge in [0.1, 0.15) is 5.75 Å². The Balaban J connectivity index is 1.91. The van der Waals surface area contributed by atoms with Gasteiger partial charge in [0, 0.05) is 12.5 Å². The molecule has 0 aliphatic heterocycles. The van der Waals surface area contributed by atoms with Gasteiger partial charge in [-0.2, -0.15) is 9.61 Å². The van der Waals surface area contributed by atoms with E-state index in [1.807, 2.05) is 54.6 Å². The first kappa shape index (κ1) is 16.4. The van der Waals surface area contributed by atoms with Crippen molar-refractivity contribution >= 4 is 16.4 Å². The highest BCUT2D eigenvalue weighted by molar-refractivity contribution is 5.93. The number of rotatable bonds is 5. The summed E-state index contributed by atoms with van der Waals surface area (Å²) in [5.74, 6) is 0.790. The van der Waals surface area contributed by atoms with Crippen LogP contribution in [-0.4, -0.2) is 28.4 Å². The molecule has 0 aliphatic rings. The van der Waals surface area contributed by atoms with Crippen LogP contribution in [0.5, 0.6) is 5.75 Å². The molecule has 0 atom stereocenters. The summed E-state index contributed by atoms with van der Waals surface area (Å²) in [4.78, 5) is 13.1. The van der Waals surface area contributed by atoms with Gasteiger partial charge in [-0.15, -0.1) is 0 Å². The molecule has 6 nitrogen and oxygen atoms in total. The Kier molecular flexibility index (Phi) is 4.18. The smallest absolute Gasteiger partial charge is 0.350 e. The van der Waals surface area contributed by atoms with Crippen LogP contribution in [0.2, 0.25) is 0 Å². The Morgan fingerprint density at radius 1 is 1.00 bits per heavy atom. The van der Waals surface area contributed by atoms with Crippen molar-refractivity contribution in [1.82, 2.24) is 14.2 Å². The SMILES string of the molecule is COCc1cc2c3ccccc3n(Cc3ccc(OC)cc3)c(=O)n2n1. The first-order valence-corrected chi connectivity index (χ1v) is 8.33. The average molecular weight is 349 g/mol. The molecule has 0 bridgehead atoms. The van der Waals surface area contributed by atoms with E-state index in [4.69, 9.17) is 9.47 Å². The van der Waals surface area contributed by atoms with E-state index in [0.29, 0.717) is 13.2 Å². The van der Waals surface area contributed by atoms with Crippen molar-refractivity contribution in [3.8, 4) is 5.75 Å². The standard InChI is InChI=1S/C20H19N3O3/c1-25-13-15-11-19-17-5-3-4-6-18(17)22(20(24)23(19)21-15)12-14-7-9-16(26-2)10-8-14/h3-11H,12-13H2,1-2H3. The second-order valence-corrected chi connectivity index (χ2v) is 6.10. The van der Waals surface area contributed by atoms with Gasteiger partial charge in [-0.3, -0.25) is 4.57 Å². The Morgan fingerprint density at radius 2 is 1.77 bits per heavy atom. The zero-order chi connectivity index (χ0) is 18.1. The molecule has 0 unspecified atom stereocenters. The van der Waals surface area contributed by atoms with E-state index < -0.39 is 0 Å². The van der Waals surface area contributed by atoms with E-state index in [-0.39, 0.29) is 5.69 Å². The van der Waals surface area contributed by atoms with Crippen LogP contribution >= 0.6 is 0 Å². The molecule has 0 saturated heterocycles. The number of aromatic nitrogens is 3. The van der Waals surface area contributed by atoms with E-state index in [1.54, 1.807) is 18.8 Å². The molecule has 6 heteroatoms. The van der Waals surface area contributed by atoms with Crippen LogP contribution in [0.15, 0.2) is 59.4 Å². The fraction of sp³-hybridized carbons (Fsp3) is 0.200. The van der Waals surface area contributed by atoms with Gasteiger partial charge in [0.25, 0.3) is 0 Å². The quantitative estimate of drug-likeness (QED) is 0.556. The summed E-state index contributed by atoms with van der Waals surface area (Å²) in [5, 5.41) is 5.40. The molecule has 132 valence electrons. The van der Waals surface area contributed by atoms with Crippen LogP contribution in [-0.2, 0) is 17.9 Å². The number of hydrogen-bond donors (Lipinski definition) is 0. The molecule has 0 saturated carbocycles. The summed E-state index contributed by atoms with van der Waals surface area (Å²) in [6.45, 7) is 0.826. The van der Waals surface area contributed by atoms with Gasteiger partial charge >= 0.3 is 5.69 Å². The molecule has 0 N–H and O–H groups in total. The number of nitrogens with zero attached hydrogens (tertiary/aromatic N) is 3. The maximum Gasteiger partial charge on any atom is 0.350 e. The first-order valence-electron chi connectivity index (χ1n) is 8.33. The molecular weight excluding hydrogens is 330 g/mol. The molecule has 2 heterocycles. The molecule has 0 amide bonds. The summed E-state index contributed by atoms with van der Waals surface area (Å²) < 4.78 is 13.6. The number of benzene rings is 2. The molecule has 4 rings (SSSR count). The predicted octanol–water partition coefficient (Wildman–Crippen LogP) is 2.85. The average Bonchev–Trinajstić information content (AvgIpc) is 3.10. The molecule has 0 aliphatic carbocycles. The molecular formula is C20H19N3O3. The van der Waals surface area contributed by atoms with Crippen LogP contribution in [0.1, 0.15) is 11.3 Å². The van der Waals surface area contributed by atoms with Gasteiger partial charge in [-0.1, -0.05) is 30.3 Å². The topological polar surface area (TPSA) is 57.8 Å². The van der Waals surface area contributed by atoms with Crippen molar-refractivity contribution in [1.29, 1.82) is 0 Å². The molecule has 26 heavy (non-hydrogen) atoms. The fourth-order valence-electron chi connectivity index (χ4n) is 3.20. The van der Waals surface area contributed by atoms with Crippen LogP contribution in [0.25, 0.3) is 16.4 Å². The van der Waals surface area contributed by atoms with E-state index >= 15 is 0 Å². The second-order valence-electron chi connectivity index (χ2n) is 6.10. The first-order chi connectivity index (χ1) is 12.7. The van der Waals surface area contributed by atoms with Crippen LogP contribution in [0, 0.1) is 0 Å². The number of methoxy groups -OCH3 is 2. The summed E-state index contributed by atoms with van der Waals surface area (Å²) >= 11 is 0. The highest BCUT2D eigenvalue weighted by Gasteiger charge is 2.13. The molecule has 0 spiro atoms. The van der Waals surface area contributed by atoms with Crippen LogP contribution in [0.4, 0.5) is 0 Å². The monoisotopic (exact) mass is 349 g/mol. The van der Waals surface area contributed by atoms with Gasteiger partial charge in [0.2, 0.25) is 0 Å². The van der Waals surface area contributed by atoms with Crippen LogP contribution < -0.4 is 10.4 Å². The van der Waals surface area contributed by atoms with Crippen molar-refractivity contribution in [3.05, 3.63) is 76.3 Å². The van der Waals surface area contributed by atoms with E-state index in [0.717, 1.165) is 33.4 Å². The largest absolute Gasteiger partial charge is 0.497 e. The second kappa shape index (κ2) is 6.65. The fourth-order valence-corrected chi connectivity index (χ4v) is 3.20. The minimum Gasteiger partial charge on any atom is -0.497 e. The minimum absolute atomic E-state index is 0.170. The van der Waals surface area contributed by atoms with Gasteiger partial charge in [0.05, 0.1) is 37.0 Å². The van der Waals surface area contributed by atoms with Crippen molar-refractivity contribution in [2.24, 2.45) is 0 Å². The van der Waals surface area contributed by atoms with Gasteiger partial charge < -0.3 is 9.47 Å². The van der Waals surface area contributed by atoms with E-state index in [9.17, 15) is 4.79 Å². The van der Waals surface area contributed by atoms with E-state index in [1.165, 1.54) is 4.52 Å².